The Bertz CT molecular complexity index is 536. The minimum atomic E-state index is -0.190. The van der Waals surface area contributed by atoms with Gasteiger partial charge in [0.25, 0.3) is 0 Å². The van der Waals surface area contributed by atoms with Gasteiger partial charge < -0.3 is 15.0 Å². The molecule has 0 aliphatic carbocycles. The van der Waals surface area contributed by atoms with Crippen LogP contribution in [0.15, 0.2) is 18.2 Å². The molecule has 22 heavy (non-hydrogen) atoms. The van der Waals surface area contributed by atoms with Crippen LogP contribution >= 0.6 is 23.2 Å². The molecule has 1 aromatic rings. The van der Waals surface area contributed by atoms with Crippen molar-refractivity contribution in [1.82, 2.24) is 10.2 Å². The Morgan fingerprint density at radius 2 is 2.00 bits per heavy atom. The molecule has 0 fully saturated rings. The van der Waals surface area contributed by atoms with Gasteiger partial charge in [-0.1, -0.05) is 29.3 Å². The number of carbonyl (C=O) groups is 2. The lowest BCUT2D eigenvalue weighted by atomic mass is 10.3. The maximum atomic E-state index is 11.9. The number of nitrogens with one attached hydrogen (secondary N) is 1. The van der Waals surface area contributed by atoms with Gasteiger partial charge in [0.15, 0.2) is 0 Å². The minimum absolute atomic E-state index is 0.0228. The van der Waals surface area contributed by atoms with Gasteiger partial charge in [0.1, 0.15) is 10.8 Å². The first-order valence-electron chi connectivity index (χ1n) is 6.91. The smallest absolute Gasteiger partial charge is 0.239 e. The van der Waals surface area contributed by atoms with E-state index in [0.29, 0.717) is 15.8 Å². The third-order valence-corrected chi connectivity index (χ3v) is 3.55. The summed E-state index contributed by atoms with van der Waals surface area (Å²) in [6.45, 7) is 3.91. The van der Waals surface area contributed by atoms with Gasteiger partial charge in [-0.2, -0.15) is 0 Å². The van der Waals surface area contributed by atoms with E-state index in [1.165, 1.54) is 4.90 Å². The SMILES string of the molecule is CC(C)NC(=O)CN(C)C(=O)CCOc1cccc(Cl)c1Cl. The number of ether oxygens (including phenoxy) is 1. The third-order valence-electron chi connectivity index (χ3n) is 2.75. The van der Waals surface area contributed by atoms with Crippen molar-refractivity contribution >= 4 is 35.0 Å². The molecule has 0 unspecified atom stereocenters. The Morgan fingerprint density at radius 1 is 1.32 bits per heavy atom. The van der Waals surface area contributed by atoms with Crippen LogP contribution in [0.4, 0.5) is 0 Å². The summed E-state index contributed by atoms with van der Waals surface area (Å²) in [6.07, 6.45) is 0.147. The summed E-state index contributed by atoms with van der Waals surface area (Å²) >= 11 is 11.9. The molecule has 0 aromatic heterocycles. The van der Waals surface area contributed by atoms with E-state index >= 15 is 0 Å². The maximum Gasteiger partial charge on any atom is 0.239 e. The van der Waals surface area contributed by atoms with Gasteiger partial charge in [0, 0.05) is 13.1 Å². The topological polar surface area (TPSA) is 58.6 Å². The van der Waals surface area contributed by atoms with E-state index in [2.05, 4.69) is 5.32 Å². The van der Waals surface area contributed by atoms with Crippen LogP contribution in [0.5, 0.6) is 5.75 Å². The van der Waals surface area contributed by atoms with Crippen molar-refractivity contribution in [3.63, 3.8) is 0 Å². The van der Waals surface area contributed by atoms with Gasteiger partial charge in [-0.25, -0.2) is 0 Å². The molecule has 2 amide bonds. The lowest BCUT2D eigenvalue weighted by Gasteiger charge is -2.18. The Hall–Kier alpha value is -1.46. The van der Waals surface area contributed by atoms with Crippen LogP contribution < -0.4 is 10.1 Å². The Labute approximate surface area is 140 Å². The summed E-state index contributed by atoms with van der Waals surface area (Å²) in [5.74, 6) is 0.0591. The van der Waals surface area contributed by atoms with Crippen molar-refractivity contribution in [3.8, 4) is 5.75 Å². The van der Waals surface area contributed by atoms with Crippen LogP contribution in [0.3, 0.4) is 0 Å². The molecular formula is C15H20Cl2N2O3. The van der Waals surface area contributed by atoms with Crippen molar-refractivity contribution in [1.29, 1.82) is 0 Å². The molecule has 0 saturated heterocycles. The standard InChI is InChI=1S/C15H20Cl2N2O3/c1-10(2)18-13(20)9-19(3)14(21)7-8-22-12-6-4-5-11(16)15(12)17/h4-6,10H,7-9H2,1-3H3,(H,18,20). The van der Waals surface area contributed by atoms with Crippen LogP contribution in [-0.2, 0) is 9.59 Å². The number of rotatable bonds is 7. The molecule has 0 radical (unpaired) electrons. The second-order valence-electron chi connectivity index (χ2n) is 5.12. The lowest BCUT2D eigenvalue weighted by Crippen LogP contribution is -2.41. The summed E-state index contributed by atoms with van der Waals surface area (Å²) in [5, 5.41) is 3.44. The normalized spacial score (nSPS) is 10.5. The van der Waals surface area contributed by atoms with Crippen molar-refractivity contribution in [2.45, 2.75) is 26.3 Å². The van der Waals surface area contributed by atoms with E-state index in [0.717, 1.165) is 0 Å². The number of benzene rings is 1. The second-order valence-corrected chi connectivity index (χ2v) is 5.91. The first kappa shape index (κ1) is 18.6. The molecule has 0 heterocycles. The van der Waals surface area contributed by atoms with Crippen LogP contribution in [0.1, 0.15) is 20.3 Å². The number of carbonyl (C=O) groups excluding carboxylic acids is 2. The van der Waals surface area contributed by atoms with Gasteiger partial charge in [-0.15, -0.1) is 0 Å². The first-order chi connectivity index (χ1) is 10.3. The molecule has 5 nitrogen and oxygen atoms in total. The second kappa shape index (κ2) is 8.86. The molecule has 1 N–H and O–H groups in total. The van der Waals surface area contributed by atoms with Crippen molar-refractivity contribution in [2.24, 2.45) is 0 Å². The number of hydrogen-bond acceptors (Lipinski definition) is 3. The first-order valence-corrected chi connectivity index (χ1v) is 7.67. The van der Waals surface area contributed by atoms with E-state index in [4.69, 9.17) is 27.9 Å². The quantitative estimate of drug-likeness (QED) is 0.825. The Balaban J connectivity index is 2.39. The number of nitrogens with zero attached hydrogens (tertiary/aromatic N) is 1. The highest BCUT2D eigenvalue weighted by atomic mass is 35.5. The largest absolute Gasteiger partial charge is 0.491 e. The molecule has 0 saturated carbocycles. The predicted molar refractivity (Wildman–Crippen MR) is 87.5 cm³/mol. The molecule has 1 aromatic carbocycles. The van der Waals surface area contributed by atoms with Gasteiger partial charge >= 0.3 is 0 Å². The molecule has 1 rings (SSSR count). The summed E-state index contributed by atoms with van der Waals surface area (Å²) in [5.41, 5.74) is 0. The molecular weight excluding hydrogens is 327 g/mol. The van der Waals surface area contributed by atoms with Crippen LogP contribution in [0.25, 0.3) is 0 Å². The average Bonchev–Trinajstić information content (AvgIpc) is 2.42. The molecule has 122 valence electrons. The van der Waals surface area contributed by atoms with Crippen molar-refractivity contribution < 1.29 is 14.3 Å². The third kappa shape index (κ3) is 6.12. The summed E-state index contributed by atoms with van der Waals surface area (Å²) in [6, 6.07) is 5.10. The predicted octanol–water partition coefficient (Wildman–Crippen LogP) is 2.75. The number of likely N-dealkylation sites (N-methyl/N-ethyl adjacent to an activating group) is 1. The van der Waals surface area contributed by atoms with Gasteiger partial charge in [-0.3, -0.25) is 9.59 Å². The zero-order valence-electron chi connectivity index (χ0n) is 12.9. The van der Waals surface area contributed by atoms with E-state index < -0.39 is 0 Å². The number of hydrogen-bond donors (Lipinski definition) is 1. The highest BCUT2D eigenvalue weighted by Crippen LogP contribution is 2.31. The van der Waals surface area contributed by atoms with E-state index in [1.54, 1.807) is 25.2 Å². The maximum absolute atomic E-state index is 11.9. The minimum Gasteiger partial charge on any atom is -0.491 e. The highest BCUT2D eigenvalue weighted by molar-refractivity contribution is 6.42. The van der Waals surface area contributed by atoms with Crippen LogP contribution in [0.2, 0.25) is 10.0 Å². The van der Waals surface area contributed by atoms with Gasteiger partial charge in [-0.05, 0) is 26.0 Å². The Kier molecular flexibility index (Phi) is 7.48. The van der Waals surface area contributed by atoms with E-state index in [-0.39, 0.29) is 37.4 Å². The lowest BCUT2D eigenvalue weighted by molar-refractivity contribution is -0.135. The molecule has 7 heteroatoms. The van der Waals surface area contributed by atoms with Gasteiger partial charge in [0.05, 0.1) is 24.6 Å². The number of amides is 2. The van der Waals surface area contributed by atoms with E-state index in [1.807, 2.05) is 13.8 Å². The van der Waals surface area contributed by atoms with Crippen LogP contribution in [-0.4, -0.2) is 43.0 Å². The zero-order chi connectivity index (χ0) is 16.7. The molecule has 0 aliphatic heterocycles. The van der Waals surface area contributed by atoms with Gasteiger partial charge in [0.2, 0.25) is 11.8 Å². The monoisotopic (exact) mass is 346 g/mol. The molecule has 0 spiro atoms. The fourth-order valence-corrected chi connectivity index (χ4v) is 2.05. The summed E-state index contributed by atoms with van der Waals surface area (Å²) in [4.78, 5) is 24.9. The molecule has 0 atom stereocenters. The fraction of sp³-hybridized carbons (Fsp3) is 0.467. The number of halogens is 2. The van der Waals surface area contributed by atoms with Crippen LogP contribution in [0, 0.1) is 0 Å². The Morgan fingerprint density at radius 3 is 2.64 bits per heavy atom. The molecule has 0 bridgehead atoms. The highest BCUT2D eigenvalue weighted by Gasteiger charge is 2.14. The summed E-state index contributed by atoms with van der Waals surface area (Å²) in [7, 11) is 1.58. The fourth-order valence-electron chi connectivity index (χ4n) is 1.71. The van der Waals surface area contributed by atoms with E-state index in [9.17, 15) is 9.59 Å². The summed E-state index contributed by atoms with van der Waals surface area (Å²) < 4.78 is 5.44. The average molecular weight is 347 g/mol. The molecule has 0 aliphatic rings. The zero-order valence-corrected chi connectivity index (χ0v) is 14.4. The van der Waals surface area contributed by atoms with Crippen molar-refractivity contribution in [3.05, 3.63) is 28.2 Å². The van der Waals surface area contributed by atoms with Crippen molar-refractivity contribution in [2.75, 3.05) is 20.2 Å².